The first-order valence-corrected chi connectivity index (χ1v) is 11.0. The number of aryl methyl sites for hydroxylation is 1. The van der Waals surface area contributed by atoms with Crippen LogP contribution in [-0.4, -0.2) is 24.3 Å². The van der Waals surface area contributed by atoms with E-state index >= 15 is 0 Å². The van der Waals surface area contributed by atoms with Crippen LogP contribution in [0.15, 0.2) is 46.8 Å². The molecule has 146 valence electrons. The number of benzene rings is 1. The lowest BCUT2D eigenvalue weighted by Gasteiger charge is -2.06. The average Bonchev–Trinajstić information content (AvgIpc) is 3.10. The highest BCUT2D eigenvalue weighted by Crippen LogP contribution is 2.32. The van der Waals surface area contributed by atoms with Crippen LogP contribution in [0.3, 0.4) is 0 Å². The zero-order valence-corrected chi connectivity index (χ0v) is 17.0. The van der Waals surface area contributed by atoms with Gasteiger partial charge >= 0.3 is 0 Å². The van der Waals surface area contributed by atoms with Gasteiger partial charge < -0.3 is 0 Å². The summed E-state index contributed by atoms with van der Waals surface area (Å²) in [6, 6.07) is 9.08. The quantitative estimate of drug-likeness (QED) is 0.624. The number of nitrogens with zero attached hydrogens (tertiary/aromatic N) is 2. The molecule has 2 aromatic heterocycles. The van der Waals surface area contributed by atoms with Gasteiger partial charge in [-0.05, 0) is 24.6 Å². The minimum atomic E-state index is -3.88. The largest absolute Gasteiger partial charge is 0.296 e. The minimum absolute atomic E-state index is 0.00861. The summed E-state index contributed by atoms with van der Waals surface area (Å²) in [6.07, 6.45) is 1.81. The van der Waals surface area contributed by atoms with Gasteiger partial charge in [-0.2, -0.15) is 0 Å². The Kier molecular flexibility index (Phi) is 6.07. The van der Waals surface area contributed by atoms with Crippen molar-refractivity contribution in [3.05, 3.63) is 70.4 Å². The predicted molar refractivity (Wildman–Crippen MR) is 106 cm³/mol. The minimum Gasteiger partial charge on any atom is -0.296 e. The summed E-state index contributed by atoms with van der Waals surface area (Å²) in [7, 11) is -3.88. The number of carbonyl (C=O) groups is 1. The number of hydrogen-bond acceptors (Lipinski definition) is 6. The van der Waals surface area contributed by atoms with Gasteiger partial charge in [-0.1, -0.05) is 48.1 Å². The lowest BCUT2D eigenvalue weighted by Crippen LogP contribution is -2.13. The lowest BCUT2D eigenvalue weighted by atomic mass is 10.2. The molecule has 0 aliphatic heterocycles. The highest BCUT2D eigenvalue weighted by molar-refractivity contribution is 7.92. The van der Waals surface area contributed by atoms with E-state index in [1.54, 1.807) is 19.1 Å². The van der Waals surface area contributed by atoms with Crippen molar-refractivity contribution < 1.29 is 17.6 Å². The Morgan fingerprint density at radius 2 is 2.04 bits per heavy atom. The molecule has 0 fully saturated rings. The first kappa shape index (κ1) is 20.4. The van der Waals surface area contributed by atoms with Crippen molar-refractivity contribution in [3.8, 4) is 0 Å². The summed E-state index contributed by atoms with van der Waals surface area (Å²) < 4.78 is 39.8. The van der Waals surface area contributed by atoms with E-state index in [-0.39, 0.29) is 25.6 Å². The first-order valence-electron chi connectivity index (χ1n) is 8.19. The van der Waals surface area contributed by atoms with Crippen LogP contribution in [0.1, 0.15) is 28.7 Å². The Labute approximate surface area is 170 Å². The van der Waals surface area contributed by atoms with Gasteiger partial charge in [-0.3, -0.25) is 15.1 Å². The molecule has 0 saturated carbocycles. The third-order valence-electron chi connectivity index (χ3n) is 3.77. The van der Waals surface area contributed by atoms with Gasteiger partial charge in [0, 0.05) is 11.8 Å². The van der Waals surface area contributed by atoms with E-state index in [0.29, 0.717) is 12.1 Å². The Hall–Kier alpha value is -2.36. The molecule has 0 bridgehead atoms. The maximum atomic E-state index is 14.1. The van der Waals surface area contributed by atoms with Crippen molar-refractivity contribution in [1.29, 1.82) is 0 Å². The van der Waals surface area contributed by atoms with Gasteiger partial charge in [0.2, 0.25) is 0 Å². The van der Waals surface area contributed by atoms with Gasteiger partial charge in [-0.25, -0.2) is 17.8 Å². The molecule has 2 heterocycles. The second-order valence-corrected chi connectivity index (χ2v) is 9.34. The first-order chi connectivity index (χ1) is 13.3. The molecule has 0 aliphatic carbocycles. The number of amides is 1. The van der Waals surface area contributed by atoms with E-state index in [4.69, 9.17) is 11.6 Å². The number of carbonyl (C=O) groups excluding carboxylic acids is 1. The van der Waals surface area contributed by atoms with Crippen molar-refractivity contribution >= 4 is 43.8 Å². The van der Waals surface area contributed by atoms with Gasteiger partial charge in [0.1, 0.15) is 15.7 Å². The van der Waals surface area contributed by atoms with Gasteiger partial charge in [-0.15, -0.1) is 0 Å². The zero-order valence-electron chi connectivity index (χ0n) is 14.6. The smallest absolute Gasteiger partial charge is 0.276 e. The van der Waals surface area contributed by atoms with Crippen LogP contribution in [0.2, 0.25) is 5.02 Å². The molecule has 0 radical (unpaired) electrons. The second kappa shape index (κ2) is 8.34. The fourth-order valence-corrected chi connectivity index (χ4v) is 5.66. The maximum Gasteiger partial charge on any atom is 0.276 e. The molecular weight excluding hydrogens is 425 g/mol. The molecule has 0 spiro atoms. The lowest BCUT2D eigenvalue weighted by molar-refractivity contribution is 0.102. The Morgan fingerprint density at radius 1 is 1.25 bits per heavy atom. The fourth-order valence-electron chi connectivity index (χ4n) is 2.45. The fraction of sp³-hybridized carbons (Fsp3) is 0.167. The summed E-state index contributed by atoms with van der Waals surface area (Å²) in [4.78, 5) is 20.4. The molecule has 1 aromatic carbocycles. The van der Waals surface area contributed by atoms with E-state index in [1.807, 2.05) is 0 Å². The van der Waals surface area contributed by atoms with Crippen LogP contribution in [0.5, 0.6) is 0 Å². The van der Waals surface area contributed by atoms with Crippen LogP contribution in [0.4, 0.5) is 9.52 Å². The number of sulfone groups is 1. The molecule has 28 heavy (non-hydrogen) atoms. The van der Waals surface area contributed by atoms with Gasteiger partial charge in [0.05, 0.1) is 16.5 Å². The monoisotopic (exact) mass is 439 g/mol. The summed E-state index contributed by atoms with van der Waals surface area (Å²) in [5.41, 5.74) is 0.465. The number of rotatable bonds is 6. The molecule has 0 unspecified atom stereocenters. The molecule has 0 saturated heterocycles. The van der Waals surface area contributed by atoms with Crippen molar-refractivity contribution in [2.75, 3.05) is 5.32 Å². The third-order valence-corrected chi connectivity index (χ3v) is 7.38. The Morgan fingerprint density at radius 3 is 2.71 bits per heavy atom. The molecule has 10 heteroatoms. The van der Waals surface area contributed by atoms with Crippen LogP contribution in [0, 0.1) is 5.82 Å². The topological polar surface area (TPSA) is 89.0 Å². The summed E-state index contributed by atoms with van der Waals surface area (Å²) in [5.74, 6) is -1.82. The normalized spacial score (nSPS) is 11.4. The third kappa shape index (κ3) is 4.37. The highest BCUT2D eigenvalue weighted by atomic mass is 35.5. The number of anilines is 1. The molecule has 3 aromatic rings. The Bertz CT molecular complexity index is 1120. The van der Waals surface area contributed by atoms with Crippen molar-refractivity contribution in [2.45, 2.75) is 23.3 Å². The Balaban J connectivity index is 1.89. The zero-order chi connectivity index (χ0) is 20.3. The molecule has 0 aliphatic rings. The standard InChI is InChI=1S/C18H15ClFN3O3S2/c1-2-13-17(28(25,26)10-11-6-5-7-12(19)15(11)20)27-18(22-13)23-16(24)14-8-3-4-9-21-14/h3-9H,2,10H2,1H3,(H,22,23,24). The molecule has 1 amide bonds. The van der Waals surface area contributed by atoms with E-state index in [9.17, 15) is 17.6 Å². The van der Waals surface area contributed by atoms with E-state index < -0.39 is 27.3 Å². The number of nitrogens with one attached hydrogen (secondary N) is 1. The van der Waals surface area contributed by atoms with Gasteiger partial charge in [0.15, 0.2) is 15.0 Å². The van der Waals surface area contributed by atoms with Crippen LogP contribution >= 0.6 is 22.9 Å². The van der Waals surface area contributed by atoms with Crippen molar-refractivity contribution in [1.82, 2.24) is 9.97 Å². The van der Waals surface area contributed by atoms with Crippen molar-refractivity contribution in [2.24, 2.45) is 0 Å². The number of pyridine rings is 1. The maximum absolute atomic E-state index is 14.1. The molecule has 0 atom stereocenters. The van der Waals surface area contributed by atoms with Crippen LogP contribution in [0.25, 0.3) is 0 Å². The van der Waals surface area contributed by atoms with E-state index in [0.717, 1.165) is 11.3 Å². The van der Waals surface area contributed by atoms with E-state index in [1.165, 1.54) is 30.5 Å². The van der Waals surface area contributed by atoms with Crippen molar-refractivity contribution in [3.63, 3.8) is 0 Å². The van der Waals surface area contributed by atoms with E-state index in [2.05, 4.69) is 15.3 Å². The number of thiazole rings is 1. The molecular formula is C18H15ClFN3O3S2. The molecule has 3 rings (SSSR count). The molecule has 6 nitrogen and oxygen atoms in total. The highest BCUT2D eigenvalue weighted by Gasteiger charge is 2.26. The predicted octanol–water partition coefficient (Wildman–Crippen LogP) is 4.12. The number of aromatic nitrogens is 2. The average molecular weight is 440 g/mol. The summed E-state index contributed by atoms with van der Waals surface area (Å²) in [5, 5.41) is 2.55. The molecule has 1 N–H and O–H groups in total. The van der Waals surface area contributed by atoms with Crippen LogP contribution in [-0.2, 0) is 22.0 Å². The van der Waals surface area contributed by atoms with Crippen LogP contribution < -0.4 is 5.32 Å². The summed E-state index contributed by atoms with van der Waals surface area (Å²) >= 11 is 6.56. The number of halogens is 2. The van der Waals surface area contributed by atoms with Gasteiger partial charge in [0.25, 0.3) is 5.91 Å². The number of hydrogen-bond donors (Lipinski definition) is 1. The SMILES string of the molecule is CCc1nc(NC(=O)c2ccccn2)sc1S(=O)(=O)Cc1cccc(Cl)c1F. The summed E-state index contributed by atoms with van der Waals surface area (Å²) in [6.45, 7) is 1.75. The second-order valence-electron chi connectivity index (χ2n) is 5.75.